The van der Waals surface area contributed by atoms with Crippen LogP contribution < -0.4 is 0 Å². The van der Waals surface area contributed by atoms with Crippen molar-refractivity contribution >= 4 is 86.0 Å². The molecule has 0 amide bonds. The Balaban J connectivity index is 0.000000216. The Kier molecular flexibility index (Phi) is 17.8. The summed E-state index contributed by atoms with van der Waals surface area (Å²) in [4.78, 5) is 1.41. The Labute approximate surface area is 398 Å². The van der Waals surface area contributed by atoms with Gasteiger partial charge in [0.15, 0.2) is 15.0 Å². The molecule has 0 bridgehead atoms. The summed E-state index contributed by atoms with van der Waals surface area (Å²) in [7, 11) is -11.6. The van der Waals surface area contributed by atoms with E-state index >= 15 is 0 Å². The van der Waals surface area contributed by atoms with Gasteiger partial charge in [0.05, 0.1) is 17.0 Å². The second-order valence-electron chi connectivity index (χ2n) is 14.8. The van der Waals surface area contributed by atoms with E-state index < -0.39 is 31.3 Å². The predicted molar refractivity (Wildman–Crippen MR) is 263 cm³/mol. The summed E-state index contributed by atoms with van der Waals surface area (Å²) in [6.45, 7) is 6.74. The number of fused-ring (bicyclic) bond motifs is 4. The van der Waals surface area contributed by atoms with Crippen LogP contribution >= 0.6 is 11.8 Å². The van der Waals surface area contributed by atoms with Crippen molar-refractivity contribution in [1.29, 1.82) is 5.26 Å². The summed E-state index contributed by atoms with van der Waals surface area (Å²) in [5.41, 5.74) is -6.58. The van der Waals surface area contributed by atoms with Gasteiger partial charge in [-0.2, -0.15) is 51.8 Å². The van der Waals surface area contributed by atoms with Crippen LogP contribution in [-0.4, -0.2) is 60.0 Å². The molecule has 7 nitrogen and oxygen atoms in total. The molecular weight excluding hydrogens is 965 g/mol. The molecule has 0 saturated carbocycles. The van der Waals surface area contributed by atoms with E-state index in [1.807, 2.05) is 30.0 Å². The van der Waals surface area contributed by atoms with Crippen LogP contribution in [0.5, 0.6) is 0 Å². The highest BCUT2D eigenvalue weighted by atomic mass is 32.2. The fourth-order valence-electron chi connectivity index (χ4n) is 7.85. The molecule has 0 spiro atoms. The lowest BCUT2D eigenvalue weighted by Crippen LogP contribution is -2.33. The molecule has 0 aliphatic heterocycles. The van der Waals surface area contributed by atoms with Gasteiger partial charge >= 0.3 is 21.1 Å². The molecule has 68 heavy (non-hydrogen) atoms. The van der Waals surface area contributed by atoms with Crippen molar-refractivity contribution in [3.8, 4) is 6.07 Å². The zero-order chi connectivity index (χ0) is 49.9. The largest absolute Gasteiger partial charge is 0.741 e. The van der Waals surface area contributed by atoms with Crippen LogP contribution in [0.25, 0.3) is 43.1 Å². The predicted octanol–water partition coefficient (Wildman–Crippen LogP) is 13.4. The molecule has 0 fully saturated rings. The molecule has 1 N–H and O–H groups in total. The summed E-state index contributed by atoms with van der Waals surface area (Å²) in [5, 5.41) is 19.3. The number of nitrogens with zero attached hydrogens (tertiary/aromatic N) is 1. The van der Waals surface area contributed by atoms with Gasteiger partial charge in [-0.3, -0.25) is 4.55 Å². The van der Waals surface area contributed by atoms with Gasteiger partial charge < -0.3 is 4.55 Å². The Morgan fingerprint density at radius 1 is 0.544 bits per heavy atom. The molecule has 0 aromatic heterocycles. The number of benzene rings is 8. The fraction of sp³-hybridized carbons (Fsp3) is 0.196. The molecule has 356 valence electrons. The fourth-order valence-corrected chi connectivity index (χ4v) is 10.6. The van der Waals surface area contributed by atoms with Crippen molar-refractivity contribution in [2.24, 2.45) is 0 Å². The smallest absolute Gasteiger partial charge is 0.522 e. The lowest BCUT2D eigenvalue weighted by Gasteiger charge is -2.38. The van der Waals surface area contributed by atoms with Crippen molar-refractivity contribution < 1.29 is 52.3 Å². The standard InChI is InChI=1S/C34H28S.C15H16NS.2CHF3O3S/c1-2-35-24-34(31-21-9-15-25-12-3-6-18-28(25)31,32-22-10-16-26-13-4-7-19-29(26)32)33-23-11-17-27-14-5-8-20-30(27)33;1-3-17(4-2)15-10-9-12(11-16)13-7-5-6-8-14(13)15;2*2-1(3,4)8(5,6)7/h3-23H,2,24H2,1H3;5-10H,3-4H2,1-2H3;2*(H,5,6,7)/q;+1;;/p-1. The number of nitriles is 1. The summed E-state index contributed by atoms with van der Waals surface area (Å²) >= 11 is 2.03. The van der Waals surface area contributed by atoms with E-state index in [1.54, 1.807) is 0 Å². The summed E-state index contributed by atoms with van der Waals surface area (Å²) in [6, 6.07) is 61.7. The molecule has 17 heteroatoms. The van der Waals surface area contributed by atoms with Crippen molar-refractivity contribution in [2.45, 2.75) is 42.1 Å². The molecule has 0 aliphatic rings. The summed E-state index contributed by atoms with van der Waals surface area (Å²) < 4.78 is 116. The maximum absolute atomic E-state index is 10.7. The van der Waals surface area contributed by atoms with Gasteiger partial charge in [0.2, 0.25) is 0 Å². The highest BCUT2D eigenvalue weighted by molar-refractivity contribution is 7.99. The van der Waals surface area contributed by atoms with Gasteiger partial charge in [-0.1, -0.05) is 153 Å². The quantitative estimate of drug-likeness (QED) is 0.0496. The number of hydrogen-bond acceptors (Lipinski definition) is 7. The third-order valence-electron chi connectivity index (χ3n) is 10.9. The molecule has 0 radical (unpaired) electrons. The van der Waals surface area contributed by atoms with Gasteiger partial charge in [-0.25, -0.2) is 8.42 Å². The van der Waals surface area contributed by atoms with E-state index in [2.05, 4.69) is 172 Å². The average molecular weight is 1010 g/mol. The van der Waals surface area contributed by atoms with Crippen molar-refractivity contribution in [1.82, 2.24) is 0 Å². The Morgan fingerprint density at radius 2 is 0.882 bits per heavy atom. The normalized spacial score (nSPS) is 12.1. The highest BCUT2D eigenvalue weighted by Gasteiger charge is 2.44. The highest BCUT2D eigenvalue weighted by Crippen LogP contribution is 2.49. The molecular formula is C51H45F6NO6S4. The first-order valence-electron chi connectivity index (χ1n) is 20.8. The molecule has 0 aliphatic carbocycles. The zero-order valence-electron chi connectivity index (χ0n) is 36.8. The lowest BCUT2D eigenvalue weighted by atomic mass is 9.67. The van der Waals surface area contributed by atoms with Gasteiger partial charge in [0.25, 0.3) is 0 Å². The first-order chi connectivity index (χ1) is 32.1. The van der Waals surface area contributed by atoms with Gasteiger partial charge in [-0.05, 0) is 86.8 Å². The van der Waals surface area contributed by atoms with Gasteiger partial charge in [0.1, 0.15) is 11.5 Å². The molecule has 8 aromatic carbocycles. The molecule has 0 atom stereocenters. The van der Waals surface area contributed by atoms with Crippen molar-refractivity contribution in [2.75, 3.05) is 23.0 Å². The molecule has 0 unspecified atom stereocenters. The van der Waals surface area contributed by atoms with Crippen LogP contribution in [0, 0.1) is 11.3 Å². The summed E-state index contributed by atoms with van der Waals surface area (Å²) in [5.74, 6) is 4.39. The molecule has 8 rings (SSSR count). The van der Waals surface area contributed by atoms with Crippen LogP contribution in [0.15, 0.2) is 169 Å². The Morgan fingerprint density at radius 3 is 1.21 bits per heavy atom. The Hall–Kier alpha value is -5.61. The van der Waals surface area contributed by atoms with E-state index in [0.717, 1.165) is 22.5 Å². The maximum Gasteiger partial charge on any atom is 0.522 e. The molecule has 0 saturated heterocycles. The van der Waals surface area contributed by atoms with Crippen LogP contribution in [0.3, 0.4) is 0 Å². The first-order valence-corrected chi connectivity index (χ1v) is 26.4. The zero-order valence-corrected chi connectivity index (χ0v) is 40.0. The minimum Gasteiger partial charge on any atom is -0.741 e. The van der Waals surface area contributed by atoms with E-state index in [0.29, 0.717) is 10.9 Å². The topological polar surface area (TPSA) is 135 Å². The average Bonchev–Trinajstić information content (AvgIpc) is 3.31. The SMILES string of the molecule is CCSCC(c1cccc2ccccc12)(c1cccc2ccccc12)c1cccc2ccccc12.CC[S+](CC)c1ccc(C#N)c2ccccc12.O=S(=O)(O)C(F)(F)F.O=S(=O)([O-])C(F)(F)F. The minimum absolute atomic E-state index is 0.304. The third-order valence-corrected chi connectivity index (χ3v) is 15.4. The van der Waals surface area contributed by atoms with Crippen LogP contribution in [0.2, 0.25) is 0 Å². The summed E-state index contributed by atoms with van der Waals surface area (Å²) in [6.07, 6.45) is 0. The van der Waals surface area contributed by atoms with Gasteiger partial charge in [0, 0.05) is 27.4 Å². The molecule has 8 aromatic rings. The van der Waals surface area contributed by atoms with Gasteiger partial charge in [-0.15, -0.1) is 0 Å². The van der Waals surface area contributed by atoms with Crippen LogP contribution in [0.1, 0.15) is 43.0 Å². The number of thioether (sulfide) groups is 1. The number of hydrogen-bond donors (Lipinski definition) is 1. The first kappa shape index (κ1) is 53.3. The number of alkyl halides is 6. The van der Waals surface area contributed by atoms with E-state index in [9.17, 15) is 26.3 Å². The van der Waals surface area contributed by atoms with E-state index in [1.165, 1.54) is 70.8 Å². The second kappa shape index (κ2) is 22.7. The third kappa shape index (κ3) is 12.2. The molecule has 0 heterocycles. The minimum atomic E-state index is -6.09. The van der Waals surface area contributed by atoms with Crippen LogP contribution in [-0.2, 0) is 36.5 Å². The lowest BCUT2D eigenvalue weighted by molar-refractivity contribution is -0.0519. The van der Waals surface area contributed by atoms with E-state index in [-0.39, 0.29) is 5.41 Å². The second-order valence-corrected chi connectivity index (χ2v) is 21.4. The maximum atomic E-state index is 10.7. The van der Waals surface area contributed by atoms with Crippen LogP contribution in [0.4, 0.5) is 26.3 Å². The van der Waals surface area contributed by atoms with Crippen molar-refractivity contribution in [3.63, 3.8) is 0 Å². The monoisotopic (exact) mass is 1010 g/mol. The number of halogens is 6. The van der Waals surface area contributed by atoms with E-state index in [4.69, 9.17) is 31.2 Å². The number of rotatable bonds is 9. The van der Waals surface area contributed by atoms with Crippen molar-refractivity contribution in [3.05, 3.63) is 186 Å². The Bertz CT molecular complexity index is 3030.